The number of aryl methyl sites for hydroxylation is 4. The van der Waals surface area contributed by atoms with E-state index >= 15 is 0 Å². The second kappa shape index (κ2) is 6.83. The summed E-state index contributed by atoms with van der Waals surface area (Å²) in [6.07, 6.45) is 0. The molecule has 0 bridgehead atoms. The highest BCUT2D eigenvalue weighted by atomic mass is 15.3. The zero-order valence-corrected chi connectivity index (χ0v) is 16.1. The molecule has 4 aromatic rings. The Kier molecular flexibility index (Phi) is 4.36. The zero-order chi connectivity index (χ0) is 19.0. The highest BCUT2D eigenvalue weighted by Gasteiger charge is 2.14. The lowest BCUT2D eigenvalue weighted by molar-refractivity contribution is 0.805. The van der Waals surface area contributed by atoms with Crippen molar-refractivity contribution in [1.29, 1.82) is 0 Å². The van der Waals surface area contributed by atoms with Gasteiger partial charge in [-0.15, -0.1) is 0 Å². The summed E-state index contributed by atoms with van der Waals surface area (Å²) >= 11 is 0. The van der Waals surface area contributed by atoms with Crippen molar-refractivity contribution in [1.82, 2.24) is 19.7 Å². The van der Waals surface area contributed by atoms with Gasteiger partial charge in [-0.2, -0.15) is 5.10 Å². The Labute approximate surface area is 159 Å². The molecule has 1 N–H and O–H groups in total. The van der Waals surface area contributed by atoms with Gasteiger partial charge in [-0.05, 0) is 57.0 Å². The van der Waals surface area contributed by atoms with Crippen LogP contribution in [0.4, 0.5) is 5.82 Å². The minimum absolute atomic E-state index is 0.679. The Morgan fingerprint density at radius 1 is 0.815 bits per heavy atom. The Bertz CT molecular complexity index is 1110. The maximum atomic E-state index is 4.88. The first kappa shape index (κ1) is 17.2. The van der Waals surface area contributed by atoms with Crippen LogP contribution < -0.4 is 5.32 Å². The van der Waals surface area contributed by atoms with E-state index in [-0.39, 0.29) is 0 Å². The minimum Gasteiger partial charge on any atom is -0.363 e. The van der Waals surface area contributed by atoms with Crippen LogP contribution in [0.25, 0.3) is 16.9 Å². The Morgan fingerprint density at radius 3 is 2.26 bits per heavy atom. The fourth-order valence-electron chi connectivity index (χ4n) is 3.16. The van der Waals surface area contributed by atoms with Crippen molar-refractivity contribution in [3.63, 3.8) is 0 Å². The minimum atomic E-state index is 0.679. The van der Waals surface area contributed by atoms with E-state index in [4.69, 9.17) is 9.97 Å². The van der Waals surface area contributed by atoms with Gasteiger partial charge in [0.2, 0.25) is 0 Å². The summed E-state index contributed by atoms with van der Waals surface area (Å²) < 4.78 is 1.86. The SMILES string of the molecule is Cc1ccc(CNc2nc3ccc(C)cc3nc2-n2nc(C)cc2C)cc1. The summed E-state index contributed by atoms with van der Waals surface area (Å²) in [5.74, 6) is 1.46. The van der Waals surface area contributed by atoms with Crippen LogP contribution in [0.5, 0.6) is 0 Å². The molecular weight excluding hydrogens is 334 g/mol. The van der Waals surface area contributed by atoms with E-state index in [1.807, 2.05) is 30.7 Å². The first-order valence-corrected chi connectivity index (χ1v) is 9.11. The van der Waals surface area contributed by atoms with Crippen LogP contribution in [0.2, 0.25) is 0 Å². The monoisotopic (exact) mass is 357 g/mol. The van der Waals surface area contributed by atoms with Gasteiger partial charge in [0, 0.05) is 12.2 Å². The number of benzene rings is 2. The number of hydrogen-bond acceptors (Lipinski definition) is 4. The van der Waals surface area contributed by atoms with Crippen molar-refractivity contribution in [2.45, 2.75) is 34.2 Å². The highest BCUT2D eigenvalue weighted by molar-refractivity contribution is 5.79. The van der Waals surface area contributed by atoms with Crippen LogP contribution >= 0.6 is 0 Å². The molecule has 5 heteroatoms. The molecule has 2 aromatic heterocycles. The molecule has 0 amide bonds. The molecule has 2 aromatic carbocycles. The van der Waals surface area contributed by atoms with Crippen molar-refractivity contribution in [3.8, 4) is 5.82 Å². The Balaban J connectivity index is 1.79. The summed E-state index contributed by atoms with van der Waals surface area (Å²) in [4.78, 5) is 9.72. The van der Waals surface area contributed by atoms with Gasteiger partial charge in [-0.1, -0.05) is 35.9 Å². The standard InChI is InChI=1S/C22H23N5/c1-14-5-8-18(9-6-14)13-23-21-22(27-17(4)12-16(3)26-27)25-20-11-15(2)7-10-19(20)24-21/h5-12H,13H2,1-4H3,(H,23,24). The zero-order valence-electron chi connectivity index (χ0n) is 16.1. The van der Waals surface area contributed by atoms with E-state index < -0.39 is 0 Å². The van der Waals surface area contributed by atoms with Crippen molar-refractivity contribution in [3.05, 3.63) is 76.6 Å². The summed E-state index contributed by atoms with van der Waals surface area (Å²) in [6, 6.07) is 16.7. The van der Waals surface area contributed by atoms with Gasteiger partial charge in [-0.3, -0.25) is 0 Å². The van der Waals surface area contributed by atoms with Crippen LogP contribution in [0.3, 0.4) is 0 Å². The molecule has 0 saturated carbocycles. The molecule has 0 aliphatic heterocycles. The molecule has 136 valence electrons. The molecule has 0 unspecified atom stereocenters. The quantitative estimate of drug-likeness (QED) is 0.577. The second-order valence-electron chi connectivity index (χ2n) is 7.07. The lowest BCUT2D eigenvalue weighted by Gasteiger charge is -2.13. The van der Waals surface area contributed by atoms with Gasteiger partial charge in [0.1, 0.15) is 0 Å². The molecule has 5 nitrogen and oxygen atoms in total. The van der Waals surface area contributed by atoms with Gasteiger partial charge in [0.15, 0.2) is 11.6 Å². The van der Waals surface area contributed by atoms with E-state index in [0.29, 0.717) is 6.54 Å². The third-order valence-corrected chi connectivity index (χ3v) is 4.59. The van der Waals surface area contributed by atoms with Crippen molar-refractivity contribution in [2.75, 3.05) is 5.32 Å². The Hall–Kier alpha value is -3.21. The fraction of sp³-hybridized carbons (Fsp3) is 0.227. The third kappa shape index (κ3) is 3.53. The molecule has 0 fully saturated rings. The number of nitrogens with one attached hydrogen (secondary N) is 1. The summed E-state index contributed by atoms with van der Waals surface area (Å²) in [7, 11) is 0. The first-order valence-electron chi connectivity index (χ1n) is 9.11. The molecule has 0 radical (unpaired) electrons. The van der Waals surface area contributed by atoms with E-state index in [9.17, 15) is 0 Å². The predicted molar refractivity (Wildman–Crippen MR) is 109 cm³/mol. The predicted octanol–water partition coefficient (Wildman–Crippen LogP) is 4.66. The van der Waals surface area contributed by atoms with Crippen molar-refractivity contribution >= 4 is 16.9 Å². The largest absolute Gasteiger partial charge is 0.363 e. The number of nitrogens with zero attached hydrogens (tertiary/aromatic N) is 4. The smallest absolute Gasteiger partial charge is 0.197 e. The molecule has 4 rings (SSSR count). The van der Waals surface area contributed by atoms with Gasteiger partial charge in [0.05, 0.1) is 16.7 Å². The number of anilines is 1. The molecule has 27 heavy (non-hydrogen) atoms. The average Bonchev–Trinajstić information content (AvgIpc) is 2.98. The maximum Gasteiger partial charge on any atom is 0.197 e. The third-order valence-electron chi connectivity index (χ3n) is 4.59. The molecule has 0 aliphatic rings. The summed E-state index contributed by atoms with van der Waals surface area (Å²) in [6.45, 7) is 8.86. The van der Waals surface area contributed by atoms with Gasteiger partial charge >= 0.3 is 0 Å². The average molecular weight is 357 g/mol. The number of rotatable bonds is 4. The van der Waals surface area contributed by atoms with Crippen LogP contribution in [0.15, 0.2) is 48.5 Å². The second-order valence-corrected chi connectivity index (χ2v) is 7.07. The van der Waals surface area contributed by atoms with Gasteiger partial charge in [0.25, 0.3) is 0 Å². The lowest BCUT2D eigenvalue weighted by atomic mass is 10.1. The molecule has 0 aliphatic carbocycles. The summed E-state index contributed by atoms with van der Waals surface area (Å²) in [5.41, 5.74) is 7.36. The maximum absolute atomic E-state index is 4.88. The number of fused-ring (bicyclic) bond motifs is 1. The fourth-order valence-corrected chi connectivity index (χ4v) is 3.16. The van der Waals surface area contributed by atoms with E-state index in [0.717, 1.165) is 39.6 Å². The molecule has 2 heterocycles. The van der Waals surface area contributed by atoms with Crippen LogP contribution in [-0.4, -0.2) is 19.7 Å². The normalized spacial score (nSPS) is 11.1. The highest BCUT2D eigenvalue weighted by Crippen LogP contribution is 2.23. The molecule has 0 atom stereocenters. The molecule has 0 spiro atoms. The van der Waals surface area contributed by atoms with E-state index in [1.165, 1.54) is 11.1 Å². The first-order chi connectivity index (χ1) is 13.0. The summed E-state index contributed by atoms with van der Waals surface area (Å²) in [5, 5.41) is 8.07. The van der Waals surface area contributed by atoms with Crippen molar-refractivity contribution < 1.29 is 0 Å². The lowest BCUT2D eigenvalue weighted by Crippen LogP contribution is -2.11. The van der Waals surface area contributed by atoms with Gasteiger partial charge < -0.3 is 5.32 Å². The van der Waals surface area contributed by atoms with Crippen molar-refractivity contribution in [2.24, 2.45) is 0 Å². The van der Waals surface area contributed by atoms with Crippen LogP contribution in [0, 0.1) is 27.7 Å². The van der Waals surface area contributed by atoms with E-state index in [2.05, 4.69) is 60.7 Å². The Morgan fingerprint density at radius 2 is 1.56 bits per heavy atom. The van der Waals surface area contributed by atoms with E-state index in [1.54, 1.807) is 0 Å². The topological polar surface area (TPSA) is 55.6 Å². The number of hydrogen-bond donors (Lipinski definition) is 1. The molecular formula is C22H23N5. The van der Waals surface area contributed by atoms with Crippen LogP contribution in [-0.2, 0) is 6.54 Å². The van der Waals surface area contributed by atoms with Crippen LogP contribution in [0.1, 0.15) is 28.1 Å². The number of aromatic nitrogens is 4. The van der Waals surface area contributed by atoms with Gasteiger partial charge in [-0.25, -0.2) is 14.6 Å². The molecule has 0 saturated heterocycles.